The van der Waals surface area contributed by atoms with Crippen molar-refractivity contribution in [2.75, 3.05) is 33.5 Å². The molecule has 43 heavy (non-hydrogen) atoms. The summed E-state index contributed by atoms with van der Waals surface area (Å²) in [4.78, 5) is 11.8. The van der Waals surface area contributed by atoms with Gasteiger partial charge in [-0.3, -0.25) is 0 Å². The van der Waals surface area contributed by atoms with E-state index in [0.29, 0.717) is 19.8 Å². The van der Waals surface area contributed by atoms with Gasteiger partial charge in [-0.1, -0.05) is 49.4 Å². The van der Waals surface area contributed by atoms with Gasteiger partial charge in [-0.2, -0.15) is 5.10 Å². The van der Waals surface area contributed by atoms with Crippen LogP contribution in [-0.4, -0.2) is 49.3 Å². The molecule has 0 N–H and O–H groups in total. The predicted molar refractivity (Wildman–Crippen MR) is 171 cm³/mol. The van der Waals surface area contributed by atoms with Crippen LogP contribution in [-0.2, 0) is 19.0 Å². The largest absolute Gasteiger partial charge is 0.491 e. The minimum Gasteiger partial charge on any atom is -0.491 e. The normalized spacial score (nSPS) is 15.9. The van der Waals surface area contributed by atoms with Crippen LogP contribution in [0.25, 0.3) is 28.1 Å². The van der Waals surface area contributed by atoms with E-state index in [4.69, 9.17) is 24.0 Å². The second-order valence-electron chi connectivity index (χ2n) is 10.5. The summed E-state index contributed by atoms with van der Waals surface area (Å²) in [7, 11) is 1.67. The first-order chi connectivity index (χ1) is 21.1. The van der Waals surface area contributed by atoms with Crippen LogP contribution in [0.4, 0.5) is 0 Å². The lowest BCUT2D eigenvalue weighted by Crippen LogP contribution is -2.18. The lowest BCUT2D eigenvalue weighted by molar-refractivity contribution is -0.137. The molecule has 4 aromatic rings. The maximum Gasteiger partial charge on any atom is 0.330 e. The van der Waals surface area contributed by atoms with E-state index in [9.17, 15) is 4.79 Å². The first kappa shape index (κ1) is 30.3. The molecule has 7 nitrogen and oxygen atoms in total. The number of carbonyl (C=O) groups excluding carboxylic acids is 1. The molecule has 7 heteroatoms. The van der Waals surface area contributed by atoms with E-state index < -0.39 is 0 Å². The van der Waals surface area contributed by atoms with Crippen LogP contribution in [0, 0.1) is 0 Å². The molecule has 0 spiro atoms. The first-order valence-corrected chi connectivity index (χ1v) is 15.1. The summed E-state index contributed by atoms with van der Waals surface area (Å²) in [5, 5.41) is 5.80. The Morgan fingerprint density at radius 1 is 0.977 bits per heavy atom. The lowest BCUT2D eigenvalue weighted by Gasteiger charge is -2.23. The van der Waals surface area contributed by atoms with E-state index in [1.54, 1.807) is 20.1 Å². The molecule has 3 aromatic carbocycles. The summed E-state index contributed by atoms with van der Waals surface area (Å²) in [6, 6.07) is 23.1. The summed E-state index contributed by atoms with van der Waals surface area (Å²) in [6.07, 6.45) is 9.23. The van der Waals surface area contributed by atoms with Crippen molar-refractivity contribution in [1.29, 1.82) is 0 Å². The van der Waals surface area contributed by atoms with Gasteiger partial charge >= 0.3 is 5.97 Å². The monoisotopic (exact) mass is 580 g/mol. The Balaban J connectivity index is 1.55. The van der Waals surface area contributed by atoms with Crippen molar-refractivity contribution in [1.82, 2.24) is 9.78 Å². The summed E-state index contributed by atoms with van der Waals surface area (Å²) in [6.45, 7) is 6.17. The van der Waals surface area contributed by atoms with Crippen molar-refractivity contribution in [2.45, 2.75) is 45.8 Å². The molecule has 0 amide bonds. The molecule has 0 aliphatic carbocycles. The van der Waals surface area contributed by atoms with Crippen LogP contribution in [0.15, 0.2) is 79.0 Å². The number of aromatic nitrogens is 2. The summed E-state index contributed by atoms with van der Waals surface area (Å²) < 4.78 is 24.0. The van der Waals surface area contributed by atoms with Crippen LogP contribution in [0.2, 0.25) is 0 Å². The lowest BCUT2D eigenvalue weighted by atomic mass is 9.87. The van der Waals surface area contributed by atoms with Gasteiger partial charge in [-0.25, -0.2) is 9.48 Å². The zero-order valence-corrected chi connectivity index (χ0v) is 25.3. The molecule has 1 atom stereocenters. The molecule has 1 unspecified atom stereocenters. The summed E-state index contributed by atoms with van der Waals surface area (Å²) in [5.74, 6) is 0.469. The number of ether oxygens (including phenoxy) is 4. The van der Waals surface area contributed by atoms with Crippen molar-refractivity contribution < 1.29 is 23.7 Å². The van der Waals surface area contributed by atoms with Crippen LogP contribution in [0.1, 0.15) is 68.0 Å². The number of esters is 1. The molecule has 1 aliphatic heterocycles. The average molecular weight is 581 g/mol. The fourth-order valence-electron chi connectivity index (χ4n) is 5.51. The van der Waals surface area contributed by atoms with E-state index >= 15 is 0 Å². The van der Waals surface area contributed by atoms with Gasteiger partial charge < -0.3 is 18.9 Å². The SMILES string of the molecule is CCOC(=O)C=Cc1ccc(C(=C(CC)c2ccc(OCCOC)cc2)c2ccc3c(cnn3C3CCCCO3)c2)cc1. The van der Waals surface area contributed by atoms with Crippen molar-refractivity contribution in [3.05, 3.63) is 101 Å². The van der Waals surface area contributed by atoms with E-state index in [0.717, 1.165) is 76.8 Å². The predicted octanol–water partition coefficient (Wildman–Crippen LogP) is 7.71. The first-order valence-electron chi connectivity index (χ1n) is 15.1. The van der Waals surface area contributed by atoms with Crippen LogP contribution < -0.4 is 4.74 Å². The fourth-order valence-corrected chi connectivity index (χ4v) is 5.51. The van der Waals surface area contributed by atoms with Crippen LogP contribution >= 0.6 is 0 Å². The molecular weight excluding hydrogens is 540 g/mol. The Bertz CT molecular complexity index is 1560. The Labute approximate surface area is 253 Å². The van der Waals surface area contributed by atoms with Crippen molar-refractivity contribution in [3.63, 3.8) is 0 Å². The standard InChI is InChI=1S/C36H40N2O5/c1-4-32(27-14-17-31(18-15-27)42-23-22-40-3)36(28-12-9-26(10-13-28)11-20-35(39)41-5-2)29-16-19-33-30(24-29)25-37-38(33)34-8-6-7-21-43-34/h9-20,24-25,34H,4-8,21-23H2,1-3H3. The fraction of sp³-hybridized carbons (Fsp3) is 0.333. The summed E-state index contributed by atoms with van der Waals surface area (Å²) in [5.41, 5.74) is 7.72. The number of hydrogen-bond acceptors (Lipinski definition) is 6. The molecule has 1 saturated heterocycles. The van der Waals surface area contributed by atoms with Crippen LogP contribution in [0.3, 0.4) is 0 Å². The van der Waals surface area contributed by atoms with Gasteiger partial charge in [0.25, 0.3) is 0 Å². The maximum atomic E-state index is 11.8. The van der Waals surface area contributed by atoms with Gasteiger partial charge in [0.1, 0.15) is 12.4 Å². The van der Waals surface area contributed by atoms with Gasteiger partial charge in [-0.05, 0) is 96.3 Å². The molecule has 0 radical (unpaired) electrons. The quantitative estimate of drug-likeness (QED) is 0.0740. The molecular formula is C36H40N2O5. The number of rotatable bonds is 12. The van der Waals surface area contributed by atoms with Crippen LogP contribution in [0.5, 0.6) is 5.75 Å². The Hall–Kier alpha value is -4.20. The van der Waals surface area contributed by atoms with Gasteiger partial charge in [0.15, 0.2) is 6.23 Å². The number of benzene rings is 3. The second-order valence-corrected chi connectivity index (χ2v) is 10.5. The maximum absolute atomic E-state index is 11.8. The third kappa shape index (κ3) is 7.42. The molecule has 1 aromatic heterocycles. The molecule has 0 saturated carbocycles. The number of fused-ring (bicyclic) bond motifs is 1. The number of carbonyl (C=O) groups is 1. The third-order valence-electron chi connectivity index (χ3n) is 7.62. The molecule has 1 aliphatic rings. The minimum absolute atomic E-state index is 0.0156. The number of allylic oxidation sites excluding steroid dienone is 1. The minimum atomic E-state index is -0.345. The highest BCUT2D eigenvalue weighted by atomic mass is 16.5. The van der Waals surface area contributed by atoms with Gasteiger partial charge in [0.2, 0.25) is 0 Å². The Morgan fingerprint density at radius 2 is 1.74 bits per heavy atom. The zero-order valence-electron chi connectivity index (χ0n) is 25.3. The molecule has 224 valence electrons. The molecule has 2 heterocycles. The average Bonchev–Trinajstić information content (AvgIpc) is 3.47. The highest BCUT2D eigenvalue weighted by Gasteiger charge is 2.20. The Morgan fingerprint density at radius 3 is 2.44 bits per heavy atom. The smallest absolute Gasteiger partial charge is 0.330 e. The number of methoxy groups -OCH3 is 1. The number of nitrogens with zero attached hydrogens (tertiary/aromatic N) is 2. The molecule has 0 bridgehead atoms. The van der Waals surface area contributed by atoms with E-state index in [1.807, 2.05) is 35.1 Å². The topological polar surface area (TPSA) is 71.8 Å². The van der Waals surface area contributed by atoms with E-state index in [1.165, 1.54) is 11.6 Å². The van der Waals surface area contributed by atoms with Crippen molar-refractivity contribution in [3.8, 4) is 5.75 Å². The number of hydrogen-bond donors (Lipinski definition) is 0. The summed E-state index contributed by atoms with van der Waals surface area (Å²) >= 11 is 0. The van der Waals surface area contributed by atoms with E-state index in [-0.39, 0.29) is 12.2 Å². The van der Waals surface area contributed by atoms with E-state index in [2.05, 4.69) is 49.4 Å². The zero-order chi connectivity index (χ0) is 30.0. The molecule has 1 fully saturated rings. The third-order valence-corrected chi connectivity index (χ3v) is 7.62. The van der Waals surface area contributed by atoms with Gasteiger partial charge in [-0.15, -0.1) is 0 Å². The Kier molecular flexibility index (Phi) is 10.4. The van der Waals surface area contributed by atoms with Crippen molar-refractivity contribution >= 4 is 34.1 Å². The molecule has 5 rings (SSSR count). The van der Waals surface area contributed by atoms with Crippen molar-refractivity contribution in [2.24, 2.45) is 0 Å². The van der Waals surface area contributed by atoms with Gasteiger partial charge in [0.05, 0.1) is 24.9 Å². The van der Waals surface area contributed by atoms with Gasteiger partial charge in [0, 0.05) is 25.2 Å². The highest BCUT2D eigenvalue weighted by molar-refractivity contribution is 6.00. The highest BCUT2D eigenvalue weighted by Crippen LogP contribution is 2.37. The second kappa shape index (κ2) is 14.8.